The Labute approximate surface area is 168 Å². The Kier molecular flexibility index (Phi) is 3.26. The summed E-state index contributed by atoms with van der Waals surface area (Å²) >= 11 is 0. The normalized spacial score (nSPS) is 12.8. The van der Waals surface area contributed by atoms with Gasteiger partial charge in [0.1, 0.15) is 5.39 Å². The number of hydrogen-bond acceptors (Lipinski definition) is 5. The summed E-state index contributed by atoms with van der Waals surface area (Å²) in [5, 5.41) is 17.0. The summed E-state index contributed by atoms with van der Waals surface area (Å²) in [7, 11) is 0. The van der Waals surface area contributed by atoms with Gasteiger partial charge in [-0.05, 0) is 24.1 Å². The molecule has 0 bridgehead atoms. The van der Waals surface area contributed by atoms with E-state index in [1.165, 1.54) is 23.0 Å². The van der Waals surface area contributed by atoms with Crippen molar-refractivity contribution < 1.29 is 4.92 Å². The van der Waals surface area contributed by atoms with Gasteiger partial charge < -0.3 is 4.98 Å². The van der Waals surface area contributed by atoms with Gasteiger partial charge in [-0.1, -0.05) is 24.3 Å². The molecule has 0 saturated heterocycles. The van der Waals surface area contributed by atoms with Crippen LogP contribution >= 0.6 is 0 Å². The Bertz CT molecular complexity index is 1560. The predicted octanol–water partition coefficient (Wildman–Crippen LogP) is 3.19. The first-order valence-electron chi connectivity index (χ1n) is 9.45. The second-order valence-electron chi connectivity index (χ2n) is 7.24. The van der Waals surface area contributed by atoms with Crippen LogP contribution in [0.15, 0.2) is 59.5 Å². The van der Waals surface area contributed by atoms with Gasteiger partial charge in [0, 0.05) is 29.6 Å². The van der Waals surface area contributed by atoms with Crippen LogP contribution < -0.4 is 5.56 Å². The van der Waals surface area contributed by atoms with E-state index in [0.29, 0.717) is 29.1 Å². The van der Waals surface area contributed by atoms with Crippen molar-refractivity contribution in [3.05, 3.63) is 80.8 Å². The molecule has 0 radical (unpaired) electrons. The van der Waals surface area contributed by atoms with E-state index < -0.39 is 4.92 Å². The highest BCUT2D eigenvalue weighted by atomic mass is 16.6. The maximum absolute atomic E-state index is 13.2. The standard InChI is InChI=1S/C21H14N6O3/c28-21-16-11-22-26(12-4-3-5-13(10-12)27(29)30)19(16)24-20-18-15(8-9-25(20)21)14-6-1-2-7-17(14)23-18/h1-7,10-11,23H,8-9H2. The summed E-state index contributed by atoms with van der Waals surface area (Å²) < 4.78 is 3.14. The highest BCUT2D eigenvalue weighted by molar-refractivity contribution is 5.91. The topological polar surface area (TPSA) is 112 Å². The zero-order valence-electron chi connectivity index (χ0n) is 15.6. The van der Waals surface area contributed by atoms with Crippen molar-refractivity contribution >= 4 is 27.6 Å². The second kappa shape index (κ2) is 5.86. The van der Waals surface area contributed by atoms with Crippen LogP contribution in [0.5, 0.6) is 0 Å². The number of fused-ring (bicyclic) bond motifs is 6. The summed E-state index contributed by atoms with van der Waals surface area (Å²) in [5.74, 6) is 0.553. The number of H-pyrrole nitrogens is 1. The summed E-state index contributed by atoms with van der Waals surface area (Å²) in [4.78, 5) is 32.0. The zero-order chi connectivity index (χ0) is 20.4. The number of para-hydroxylation sites is 1. The average Bonchev–Trinajstić information content (AvgIpc) is 3.36. The molecule has 9 heteroatoms. The number of nitro groups is 1. The fraction of sp³-hybridized carbons (Fsp3) is 0.0952. The number of nitrogens with one attached hydrogen (secondary N) is 1. The van der Waals surface area contributed by atoms with Crippen LogP contribution in [0.2, 0.25) is 0 Å². The van der Waals surface area contributed by atoms with E-state index in [1.807, 2.05) is 18.2 Å². The molecule has 0 fully saturated rings. The van der Waals surface area contributed by atoms with Crippen LogP contribution in [0.3, 0.4) is 0 Å². The number of nitrogens with zero attached hydrogens (tertiary/aromatic N) is 5. The third kappa shape index (κ3) is 2.20. The van der Waals surface area contributed by atoms with E-state index in [0.717, 1.165) is 28.6 Å². The quantitative estimate of drug-likeness (QED) is 0.363. The van der Waals surface area contributed by atoms with Crippen LogP contribution in [-0.2, 0) is 13.0 Å². The fourth-order valence-corrected chi connectivity index (χ4v) is 4.20. The van der Waals surface area contributed by atoms with Gasteiger partial charge in [0.2, 0.25) is 0 Å². The third-order valence-corrected chi connectivity index (χ3v) is 5.59. The van der Waals surface area contributed by atoms with Crippen molar-refractivity contribution in [2.75, 3.05) is 0 Å². The van der Waals surface area contributed by atoms with Gasteiger partial charge in [0.25, 0.3) is 11.2 Å². The largest absolute Gasteiger partial charge is 0.352 e. The number of aromatic nitrogens is 5. The minimum absolute atomic E-state index is 0.0521. The lowest BCUT2D eigenvalue weighted by Gasteiger charge is -2.18. The number of hydrogen-bond donors (Lipinski definition) is 1. The molecule has 146 valence electrons. The van der Waals surface area contributed by atoms with E-state index in [4.69, 9.17) is 4.98 Å². The molecular formula is C21H14N6O3. The monoisotopic (exact) mass is 398 g/mol. The molecule has 0 spiro atoms. The molecule has 5 aromatic rings. The molecule has 30 heavy (non-hydrogen) atoms. The van der Waals surface area contributed by atoms with Crippen LogP contribution in [0.4, 0.5) is 5.69 Å². The first kappa shape index (κ1) is 16.7. The molecule has 0 saturated carbocycles. The average molecular weight is 398 g/mol. The van der Waals surface area contributed by atoms with Crippen molar-refractivity contribution in [1.29, 1.82) is 0 Å². The van der Waals surface area contributed by atoms with Crippen molar-refractivity contribution in [3.63, 3.8) is 0 Å². The fourth-order valence-electron chi connectivity index (χ4n) is 4.20. The van der Waals surface area contributed by atoms with E-state index in [1.54, 1.807) is 16.7 Å². The number of non-ortho nitro benzene ring substituents is 1. The molecule has 2 aromatic carbocycles. The maximum atomic E-state index is 13.2. The van der Waals surface area contributed by atoms with E-state index in [-0.39, 0.29) is 11.2 Å². The smallest absolute Gasteiger partial charge is 0.271 e. The molecule has 1 N–H and O–H groups in total. The number of rotatable bonds is 2. The first-order valence-corrected chi connectivity index (χ1v) is 9.45. The lowest BCUT2D eigenvalue weighted by molar-refractivity contribution is -0.384. The first-order chi connectivity index (χ1) is 14.6. The van der Waals surface area contributed by atoms with Crippen LogP contribution in [0.1, 0.15) is 5.56 Å². The minimum atomic E-state index is -0.462. The molecular weight excluding hydrogens is 384 g/mol. The van der Waals surface area contributed by atoms with Crippen molar-refractivity contribution in [1.82, 2.24) is 24.3 Å². The van der Waals surface area contributed by atoms with Gasteiger partial charge in [-0.3, -0.25) is 19.5 Å². The molecule has 0 amide bonds. The van der Waals surface area contributed by atoms with Crippen molar-refractivity contribution in [3.8, 4) is 17.2 Å². The van der Waals surface area contributed by atoms with Gasteiger partial charge in [0.05, 0.1) is 22.5 Å². The molecule has 9 nitrogen and oxygen atoms in total. The Morgan fingerprint density at radius 3 is 2.83 bits per heavy atom. The second-order valence-corrected chi connectivity index (χ2v) is 7.24. The predicted molar refractivity (Wildman–Crippen MR) is 111 cm³/mol. The maximum Gasteiger partial charge on any atom is 0.271 e. The van der Waals surface area contributed by atoms with Crippen LogP contribution in [-0.4, -0.2) is 29.2 Å². The highest BCUT2D eigenvalue weighted by Gasteiger charge is 2.25. The van der Waals surface area contributed by atoms with Crippen molar-refractivity contribution in [2.24, 2.45) is 0 Å². The van der Waals surface area contributed by atoms with Crippen LogP contribution in [0.25, 0.3) is 39.1 Å². The molecule has 0 aliphatic carbocycles. The highest BCUT2D eigenvalue weighted by Crippen LogP contribution is 2.33. The van der Waals surface area contributed by atoms with Gasteiger partial charge in [-0.15, -0.1) is 0 Å². The van der Waals surface area contributed by atoms with E-state index in [9.17, 15) is 14.9 Å². The molecule has 3 aromatic heterocycles. The number of nitro benzene ring substituents is 1. The van der Waals surface area contributed by atoms with E-state index >= 15 is 0 Å². The third-order valence-electron chi connectivity index (χ3n) is 5.59. The van der Waals surface area contributed by atoms with Gasteiger partial charge in [0.15, 0.2) is 11.5 Å². The lowest BCUT2D eigenvalue weighted by atomic mass is 10.0. The summed E-state index contributed by atoms with van der Waals surface area (Å²) in [6.07, 6.45) is 2.20. The molecule has 6 rings (SSSR count). The molecule has 1 aliphatic rings. The van der Waals surface area contributed by atoms with E-state index in [2.05, 4.69) is 16.1 Å². The van der Waals surface area contributed by atoms with Gasteiger partial charge >= 0.3 is 0 Å². The molecule has 1 aliphatic heterocycles. The molecule has 4 heterocycles. The summed E-state index contributed by atoms with van der Waals surface area (Å²) in [5.41, 5.74) is 3.59. The van der Waals surface area contributed by atoms with Gasteiger partial charge in [-0.2, -0.15) is 5.10 Å². The number of aromatic amines is 1. The van der Waals surface area contributed by atoms with Gasteiger partial charge in [-0.25, -0.2) is 9.67 Å². The Balaban J connectivity index is 1.63. The summed E-state index contributed by atoms with van der Waals surface area (Å²) in [6, 6.07) is 14.1. The Morgan fingerprint density at radius 1 is 1.10 bits per heavy atom. The number of aryl methyl sites for hydroxylation is 1. The van der Waals surface area contributed by atoms with Crippen LogP contribution in [0, 0.1) is 10.1 Å². The zero-order valence-corrected chi connectivity index (χ0v) is 15.6. The number of benzene rings is 2. The molecule has 0 atom stereocenters. The molecule has 0 unspecified atom stereocenters. The van der Waals surface area contributed by atoms with Crippen molar-refractivity contribution in [2.45, 2.75) is 13.0 Å². The Hall–Kier alpha value is -4.27. The lowest BCUT2D eigenvalue weighted by Crippen LogP contribution is -2.27. The summed E-state index contributed by atoms with van der Waals surface area (Å²) in [6.45, 7) is 0.536. The Morgan fingerprint density at radius 2 is 1.97 bits per heavy atom. The minimum Gasteiger partial charge on any atom is -0.352 e. The SMILES string of the molecule is O=c1c2cnn(-c3cccc([N+](=O)[O-])c3)c2nc2n1CCc1c-2[nH]c2ccccc12.